The van der Waals surface area contributed by atoms with Crippen molar-refractivity contribution in [2.45, 2.75) is 12.1 Å². The number of rotatable bonds is 7. The number of aromatic nitrogens is 4. The molecular weight excluding hydrogens is 360 g/mol. The van der Waals surface area contributed by atoms with Gasteiger partial charge in [0.2, 0.25) is 5.16 Å². The highest BCUT2D eigenvalue weighted by Gasteiger charge is 2.15. The van der Waals surface area contributed by atoms with Crippen molar-refractivity contribution in [3.05, 3.63) is 60.2 Å². The van der Waals surface area contributed by atoms with Gasteiger partial charge in [0.1, 0.15) is 5.75 Å². The van der Waals surface area contributed by atoms with Crippen LogP contribution in [0.4, 0.5) is 0 Å². The number of tetrazole rings is 1. The predicted octanol–water partition coefficient (Wildman–Crippen LogP) is 2.47. The van der Waals surface area contributed by atoms with Crippen molar-refractivity contribution in [1.29, 1.82) is 0 Å². The maximum absolute atomic E-state index is 12.0. The second-order valence-corrected chi connectivity index (χ2v) is 7.97. The van der Waals surface area contributed by atoms with Crippen LogP contribution in [0.3, 0.4) is 0 Å². The van der Waals surface area contributed by atoms with Crippen molar-refractivity contribution in [3.63, 3.8) is 0 Å². The van der Waals surface area contributed by atoms with Crippen molar-refractivity contribution in [3.8, 4) is 11.4 Å². The molecule has 2 aromatic carbocycles. The monoisotopic (exact) mass is 376 g/mol. The third-order valence-corrected chi connectivity index (χ3v) is 5.58. The largest absolute Gasteiger partial charge is 0.382 e. The second-order valence-electron chi connectivity index (χ2n) is 5.22. The molecule has 3 rings (SSSR count). The maximum Gasteiger partial charge on any atom is 0.310 e. The van der Waals surface area contributed by atoms with Crippen LogP contribution >= 0.6 is 11.8 Å². The Morgan fingerprint density at radius 3 is 2.52 bits per heavy atom. The zero-order valence-electron chi connectivity index (χ0n) is 13.4. The molecule has 0 fully saturated rings. The molecule has 0 atom stereocenters. The summed E-state index contributed by atoms with van der Waals surface area (Å²) >= 11 is 1.26. The number of hydrogen-bond acceptors (Lipinski definition) is 7. The number of aryl methyl sites for hydroxylation is 1. The van der Waals surface area contributed by atoms with Crippen LogP contribution in [-0.2, 0) is 10.1 Å². The lowest BCUT2D eigenvalue weighted by Gasteiger charge is -2.07. The van der Waals surface area contributed by atoms with Gasteiger partial charge < -0.3 is 4.18 Å². The van der Waals surface area contributed by atoms with Crippen molar-refractivity contribution < 1.29 is 12.6 Å². The van der Waals surface area contributed by atoms with E-state index in [1.807, 2.05) is 31.2 Å². The van der Waals surface area contributed by atoms with Crippen LogP contribution in [0.2, 0.25) is 0 Å². The molecule has 0 spiro atoms. The summed E-state index contributed by atoms with van der Waals surface area (Å²) in [6, 6.07) is 16.2. The quantitative estimate of drug-likeness (QED) is 0.462. The van der Waals surface area contributed by atoms with E-state index in [4.69, 9.17) is 4.18 Å². The van der Waals surface area contributed by atoms with Crippen LogP contribution in [-0.4, -0.2) is 40.1 Å². The molecule has 0 saturated carbocycles. The van der Waals surface area contributed by atoms with Crippen LogP contribution in [0.25, 0.3) is 5.69 Å². The molecule has 0 aliphatic carbocycles. The van der Waals surface area contributed by atoms with Crippen LogP contribution < -0.4 is 4.18 Å². The van der Waals surface area contributed by atoms with Crippen LogP contribution in [0.5, 0.6) is 5.75 Å². The van der Waals surface area contributed by atoms with Gasteiger partial charge in [-0.25, -0.2) is 0 Å². The molecular formula is C16H16N4O3S2. The lowest BCUT2D eigenvalue weighted by atomic mass is 10.2. The first-order valence-corrected chi connectivity index (χ1v) is 10.1. The first-order chi connectivity index (χ1) is 12.0. The van der Waals surface area contributed by atoms with E-state index in [2.05, 4.69) is 15.5 Å². The molecule has 7 nitrogen and oxygen atoms in total. The standard InChI is InChI=1S/C16H16N4O3S2/c1-13-7-9-14(10-8-13)20-16(17-18-19-20)24-11-12-25(21,22)23-15-5-3-2-4-6-15/h2-10H,11-12H2,1H3. The lowest BCUT2D eigenvalue weighted by Crippen LogP contribution is -2.15. The second kappa shape index (κ2) is 7.66. The summed E-state index contributed by atoms with van der Waals surface area (Å²) in [4.78, 5) is 0. The van der Waals surface area contributed by atoms with Crippen molar-refractivity contribution in [2.24, 2.45) is 0 Å². The highest BCUT2D eigenvalue weighted by Crippen LogP contribution is 2.19. The average Bonchev–Trinajstić information content (AvgIpc) is 3.04. The molecule has 0 saturated heterocycles. The Bertz CT molecular complexity index is 926. The molecule has 0 radical (unpaired) electrons. The average molecular weight is 376 g/mol. The van der Waals surface area contributed by atoms with Gasteiger partial charge in [-0.2, -0.15) is 13.1 Å². The first-order valence-electron chi connectivity index (χ1n) is 7.49. The summed E-state index contributed by atoms with van der Waals surface area (Å²) in [6.45, 7) is 2.00. The van der Waals surface area contributed by atoms with Crippen molar-refractivity contribution in [2.75, 3.05) is 11.5 Å². The van der Waals surface area contributed by atoms with Gasteiger partial charge >= 0.3 is 10.1 Å². The summed E-state index contributed by atoms with van der Waals surface area (Å²) in [5, 5.41) is 12.1. The topological polar surface area (TPSA) is 87.0 Å². The van der Waals surface area contributed by atoms with Crippen LogP contribution in [0, 0.1) is 6.92 Å². The summed E-state index contributed by atoms with van der Waals surface area (Å²) in [5.74, 6) is 0.436. The van der Waals surface area contributed by atoms with Gasteiger partial charge in [0.05, 0.1) is 11.4 Å². The molecule has 25 heavy (non-hydrogen) atoms. The molecule has 0 unspecified atom stereocenters. The van der Waals surface area contributed by atoms with E-state index in [1.54, 1.807) is 35.0 Å². The van der Waals surface area contributed by atoms with Gasteiger partial charge in [-0.1, -0.05) is 47.7 Å². The van der Waals surface area contributed by atoms with E-state index in [0.29, 0.717) is 10.9 Å². The fourth-order valence-corrected chi connectivity index (χ4v) is 4.19. The predicted molar refractivity (Wildman–Crippen MR) is 95.5 cm³/mol. The SMILES string of the molecule is Cc1ccc(-n2nnnc2SCCS(=O)(=O)Oc2ccccc2)cc1. The lowest BCUT2D eigenvalue weighted by molar-refractivity contribution is 0.488. The number of hydrogen-bond donors (Lipinski definition) is 0. The molecule has 1 aromatic heterocycles. The number of benzene rings is 2. The number of nitrogens with zero attached hydrogens (tertiary/aromatic N) is 4. The Morgan fingerprint density at radius 1 is 1.08 bits per heavy atom. The third kappa shape index (κ3) is 4.80. The Labute approximate surface area is 150 Å². The van der Waals surface area contributed by atoms with Crippen LogP contribution in [0.1, 0.15) is 5.56 Å². The molecule has 3 aromatic rings. The summed E-state index contributed by atoms with van der Waals surface area (Å²) in [7, 11) is -3.67. The Balaban J connectivity index is 1.61. The van der Waals surface area contributed by atoms with E-state index < -0.39 is 10.1 Å². The Morgan fingerprint density at radius 2 is 1.80 bits per heavy atom. The molecule has 0 bridgehead atoms. The minimum absolute atomic E-state index is 0.146. The fraction of sp³-hybridized carbons (Fsp3) is 0.188. The summed E-state index contributed by atoms with van der Waals surface area (Å²) in [5.41, 5.74) is 1.96. The number of thioether (sulfide) groups is 1. The number of para-hydroxylation sites is 1. The minimum atomic E-state index is -3.67. The molecule has 0 aliphatic heterocycles. The highest BCUT2D eigenvalue weighted by molar-refractivity contribution is 8.00. The van der Waals surface area contributed by atoms with E-state index in [9.17, 15) is 8.42 Å². The molecule has 1 heterocycles. The molecule has 9 heteroatoms. The van der Waals surface area contributed by atoms with Gasteiger partial charge in [0, 0.05) is 5.75 Å². The third-order valence-electron chi connectivity index (χ3n) is 3.25. The van der Waals surface area contributed by atoms with Gasteiger partial charge in [0.25, 0.3) is 0 Å². The van der Waals surface area contributed by atoms with Crippen molar-refractivity contribution >= 4 is 21.9 Å². The van der Waals surface area contributed by atoms with Gasteiger partial charge in [-0.15, -0.1) is 5.10 Å². The van der Waals surface area contributed by atoms with Crippen molar-refractivity contribution in [1.82, 2.24) is 20.2 Å². The highest BCUT2D eigenvalue weighted by atomic mass is 32.2. The molecule has 0 amide bonds. The zero-order chi connectivity index (χ0) is 17.7. The van der Waals surface area contributed by atoms with Gasteiger partial charge in [-0.3, -0.25) is 0 Å². The molecule has 0 aliphatic rings. The first kappa shape index (κ1) is 17.4. The maximum atomic E-state index is 12.0. The fourth-order valence-electron chi connectivity index (χ4n) is 2.02. The van der Waals surface area contributed by atoms with Gasteiger partial charge in [0.15, 0.2) is 0 Å². The normalized spacial score (nSPS) is 11.4. The Kier molecular flexibility index (Phi) is 5.34. The summed E-state index contributed by atoms with van der Waals surface area (Å²) in [6.07, 6.45) is 0. The van der Waals surface area contributed by atoms with E-state index in [0.717, 1.165) is 11.3 Å². The van der Waals surface area contributed by atoms with E-state index >= 15 is 0 Å². The van der Waals surface area contributed by atoms with Crippen LogP contribution in [0.15, 0.2) is 59.8 Å². The summed E-state index contributed by atoms with van der Waals surface area (Å²) < 4.78 is 30.7. The zero-order valence-corrected chi connectivity index (χ0v) is 15.1. The Hall–Kier alpha value is -2.39. The smallest absolute Gasteiger partial charge is 0.310 e. The molecule has 0 N–H and O–H groups in total. The van der Waals surface area contributed by atoms with Gasteiger partial charge in [-0.05, 0) is 41.6 Å². The van der Waals surface area contributed by atoms with E-state index in [-0.39, 0.29) is 11.5 Å². The minimum Gasteiger partial charge on any atom is -0.382 e. The van der Waals surface area contributed by atoms with E-state index in [1.165, 1.54) is 11.8 Å². The molecule has 130 valence electrons.